The SMILES string of the molecule is CCOC(=O)CCC[C@H]1C(=O)N(C(C)=O)[C@H]1C(=O)c1ccccc1. The lowest BCUT2D eigenvalue weighted by Gasteiger charge is -2.44. The molecule has 24 heavy (non-hydrogen) atoms. The van der Waals surface area contributed by atoms with E-state index in [2.05, 4.69) is 0 Å². The zero-order chi connectivity index (χ0) is 17.7. The lowest BCUT2D eigenvalue weighted by molar-refractivity contribution is -0.163. The number of hydrogen-bond donors (Lipinski definition) is 0. The van der Waals surface area contributed by atoms with E-state index in [1.807, 2.05) is 0 Å². The van der Waals surface area contributed by atoms with Crippen LogP contribution in [-0.4, -0.2) is 41.1 Å². The second-order valence-electron chi connectivity index (χ2n) is 5.71. The predicted octanol–water partition coefficient (Wildman–Crippen LogP) is 1.98. The lowest BCUT2D eigenvalue weighted by atomic mass is 9.79. The number of likely N-dealkylation sites (tertiary alicyclic amines) is 1. The van der Waals surface area contributed by atoms with E-state index in [1.165, 1.54) is 6.92 Å². The van der Waals surface area contributed by atoms with Crippen LogP contribution in [0.2, 0.25) is 0 Å². The Labute approximate surface area is 140 Å². The zero-order valence-corrected chi connectivity index (χ0v) is 13.9. The maximum Gasteiger partial charge on any atom is 0.305 e. The van der Waals surface area contributed by atoms with Gasteiger partial charge in [0.1, 0.15) is 6.04 Å². The van der Waals surface area contributed by atoms with Crippen LogP contribution in [0.4, 0.5) is 0 Å². The number of Topliss-reactive ketones (excluding diaryl/α,β-unsaturated/α-hetero) is 1. The van der Waals surface area contributed by atoms with Gasteiger partial charge in [0, 0.05) is 18.9 Å². The van der Waals surface area contributed by atoms with E-state index < -0.39 is 17.9 Å². The Bertz CT molecular complexity index is 640. The highest BCUT2D eigenvalue weighted by atomic mass is 16.5. The summed E-state index contributed by atoms with van der Waals surface area (Å²) >= 11 is 0. The van der Waals surface area contributed by atoms with Crippen molar-refractivity contribution in [2.75, 3.05) is 6.61 Å². The fourth-order valence-corrected chi connectivity index (χ4v) is 2.95. The molecule has 1 fully saturated rings. The normalized spacial score (nSPS) is 19.6. The first kappa shape index (κ1) is 17.8. The van der Waals surface area contributed by atoms with Gasteiger partial charge in [-0.05, 0) is 19.8 Å². The third-order valence-electron chi connectivity index (χ3n) is 4.08. The van der Waals surface area contributed by atoms with Crippen LogP contribution in [0.1, 0.15) is 43.5 Å². The number of benzene rings is 1. The number of carbonyl (C=O) groups is 4. The van der Waals surface area contributed by atoms with E-state index in [0.717, 1.165) is 4.90 Å². The van der Waals surface area contributed by atoms with Gasteiger partial charge >= 0.3 is 5.97 Å². The molecule has 0 saturated carbocycles. The summed E-state index contributed by atoms with van der Waals surface area (Å²) in [6.07, 6.45) is 1.02. The lowest BCUT2D eigenvalue weighted by Crippen LogP contribution is -2.65. The Morgan fingerprint density at radius 1 is 1.17 bits per heavy atom. The Hall–Kier alpha value is -2.50. The number of rotatable bonds is 7. The van der Waals surface area contributed by atoms with Crippen LogP contribution in [0, 0.1) is 5.92 Å². The third kappa shape index (κ3) is 3.69. The fraction of sp³-hybridized carbons (Fsp3) is 0.444. The minimum atomic E-state index is -0.778. The number of hydrogen-bond acceptors (Lipinski definition) is 5. The minimum absolute atomic E-state index is 0.198. The summed E-state index contributed by atoms with van der Waals surface area (Å²) in [4.78, 5) is 48.9. The van der Waals surface area contributed by atoms with E-state index in [1.54, 1.807) is 37.3 Å². The van der Waals surface area contributed by atoms with Gasteiger partial charge in [-0.15, -0.1) is 0 Å². The third-order valence-corrected chi connectivity index (χ3v) is 4.08. The Morgan fingerprint density at radius 2 is 1.83 bits per heavy atom. The quantitative estimate of drug-likeness (QED) is 0.433. The molecule has 1 aromatic carbocycles. The summed E-state index contributed by atoms with van der Waals surface area (Å²) < 4.78 is 4.85. The fourth-order valence-electron chi connectivity index (χ4n) is 2.95. The summed E-state index contributed by atoms with van der Waals surface area (Å²) in [5.41, 5.74) is 0.469. The Morgan fingerprint density at radius 3 is 2.42 bits per heavy atom. The largest absolute Gasteiger partial charge is 0.466 e. The number of amides is 2. The van der Waals surface area contributed by atoms with Gasteiger partial charge in [0.15, 0.2) is 5.78 Å². The molecule has 2 amide bonds. The topological polar surface area (TPSA) is 80.8 Å². The highest BCUT2D eigenvalue weighted by molar-refractivity contribution is 6.13. The first-order valence-electron chi connectivity index (χ1n) is 8.05. The smallest absolute Gasteiger partial charge is 0.305 e. The Balaban J connectivity index is 2.06. The van der Waals surface area contributed by atoms with Gasteiger partial charge < -0.3 is 4.74 Å². The number of ether oxygens (including phenoxy) is 1. The van der Waals surface area contributed by atoms with Gasteiger partial charge in [-0.3, -0.25) is 24.1 Å². The molecule has 1 aliphatic heterocycles. The van der Waals surface area contributed by atoms with Gasteiger partial charge in [-0.2, -0.15) is 0 Å². The van der Waals surface area contributed by atoms with E-state index >= 15 is 0 Å². The summed E-state index contributed by atoms with van der Waals surface area (Å²) in [5, 5.41) is 0. The van der Waals surface area contributed by atoms with E-state index in [0.29, 0.717) is 25.0 Å². The van der Waals surface area contributed by atoms with Gasteiger partial charge in [0.25, 0.3) is 0 Å². The molecule has 0 unspecified atom stereocenters. The van der Waals surface area contributed by atoms with Crippen LogP contribution in [0.25, 0.3) is 0 Å². The van der Waals surface area contributed by atoms with Crippen LogP contribution in [0.15, 0.2) is 30.3 Å². The predicted molar refractivity (Wildman–Crippen MR) is 86.1 cm³/mol. The maximum atomic E-state index is 12.7. The van der Waals surface area contributed by atoms with E-state index in [4.69, 9.17) is 4.74 Å². The molecule has 0 spiro atoms. The number of ketones is 1. The first-order chi connectivity index (χ1) is 11.5. The van der Waals surface area contributed by atoms with Gasteiger partial charge in [-0.1, -0.05) is 30.3 Å². The van der Waals surface area contributed by atoms with Crippen molar-refractivity contribution in [2.45, 2.75) is 39.2 Å². The second-order valence-corrected chi connectivity index (χ2v) is 5.71. The first-order valence-corrected chi connectivity index (χ1v) is 8.05. The van der Waals surface area contributed by atoms with Crippen molar-refractivity contribution in [3.8, 4) is 0 Å². The Kier molecular flexibility index (Phi) is 5.84. The van der Waals surface area contributed by atoms with Crippen LogP contribution in [-0.2, 0) is 19.1 Å². The number of carbonyl (C=O) groups excluding carboxylic acids is 4. The van der Waals surface area contributed by atoms with Crippen molar-refractivity contribution >= 4 is 23.6 Å². The highest BCUT2D eigenvalue weighted by Gasteiger charge is 2.52. The van der Waals surface area contributed by atoms with Crippen LogP contribution in [0.3, 0.4) is 0 Å². The molecule has 6 nitrogen and oxygen atoms in total. The molecule has 2 atom stereocenters. The highest BCUT2D eigenvalue weighted by Crippen LogP contribution is 2.33. The summed E-state index contributed by atoms with van der Waals surface area (Å²) in [6.45, 7) is 3.32. The number of esters is 1. The molecule has 1 heterocycles. The van der Waals surface area contributed by atoms with Crippen LogP contribution in [0.5, 0.6) is 0 Å². The number of β-lactam (4-membered cyclic amide) rings is 1. The summed E-state index contributed by atoms with van der Waals surface area (Å²) in [5.74, 6) is -1.90. The standard InChI is InChI=1S/C18H21NO5/c1-3-24-15(21)11-7-10-14-16(19(12(2)20)18(14)23)17(22)13-8-5-4-6-9-13/h4-6,8-9,14,16H,3,7,10-11H2,1-2H3/t14-,16-/m1/s1. The van der Waals surface area contributed by atoms with E-state index in [-0.39, 0.29) is 24.1 Å². The molecular formula is C18H21NO5. The van der Waals surface area contributed by atoms with Crippen molar-refractivity contribution in [1.29, 1.82) is 0 Å². The van der Waals surface area contributed by atoms with Crippen molar-refractivity contribution in [3.63, 3.8) is 0 Å². The molecule has 0 radical (unpaired) electrons. The van der Waals surface area contributed by atoms with Gasteiger partial charge in [0.2, 0.25) is 11.8 Å². The number of imide groups is 1. The molecule has 128 valence electrons. The van der Waals surface area contributed by atoms with Gasteiger partial charge in [0.05, 0.1) is 12.5 Å². The maximum absolute atomic E-state index is 12.7. The van der Waals surface area contributed by atoms with Gasteiger partial charge in [-0.25, -0.2) is 0 Å². The monoisotopic (exact) mass is 331 g/mol. The summed E-state index contributed by atoms with van der Waals surface area (Å²) in [6, 6.07) is 7.82. The molecule has 0 bridgehead atoms. The van der Waals surface area contributed by atoms with Crippen LogP contribution >= 0.6 is 0 Å². The minimum Gasteiger partial charge on any atom is -0.466 e. The zero-order valence-electron chi connectivity index (χ0n) is 13.9. The summed E-state index contributed by atoms with van der Waals surface area (Å²) in [7, 11) is 0. The van der Waals surface area contributed by atoms with E-state index in [9.17, 15) is 19.2 Å². The molecule has 6 heteroatoms. The van der Waals surface area contributed by atoms with Crippen molar-refractivity contribution in [1.82, 2.24) is 4.90 Å². The molecule has 0 N–H and O–H groups in total. The van der Waals surface area contributed by atoms with Crippen LogP contribution < -0.4 is 0 Å². The molecule has 0 aliphatic carbocycles. The molecule has 1 saturated heterocycles. The average molecular weight is 331 g/mol. The molecular weight excluding hydrogens is 310 g/mol. The second kappa shape index (κ2) is 7.86. The van der Waals surface area contributed by atoms with Crippen molar-refractivity contribution < 1.29 is 23.9 Å². The number of nitrogens with zero attached hydrogens (tertiary/aromatic N) is 1. The molecule has 0 aromatic heterocycles. The molecule has 1 aromatic rings. The molecule has 1 aliphatic rings. The van der Waals surface area contributed by atoms with Crippen molar-refractivity contribution in [2.24, 2.45) is 5.92 Å². The molecule has 2 rings (SSSR count). The average Bonchev–Trinajstić information content (AvgIpc) is 2.56. The van der Waals surface area contributed by atoms with Crippen molar-refractivity contribution in [3.05, 3.63) is 35.9 Å².